The Balaban J connectivity index is 0.00000266. The summed E-state index contributed by atoms with van der Waals surface area (Å²) in [5.41, 5.74) is 34.7. The number of amides is 9. The number of halogens is 3. The van der Waals surface area contributed by atoms with Gasteiger partial charge in [0.15, 0.2) is 11.9 Å². The van der Waals surface area contributed by atoms with Gasteiger partial charge in [0.2, 0.25) is 53.2 Å². The highest BCUT2D eigenvalue weighted by atomic mass is 19.4. The zero-order valence-electron chi connectivity index (χ0n) is 50.9. The van der Waals surface area contributed by atoms with Crippen LogP contribution in [0.3, 0.4) is 0 Å². The Labute approximate surface area is 536 Å². The summed E-state index contributed by atoms with van der Waals surface area (Å²) in [5, 5.41) is 43.3. The number of nitrogens with one attached hydrogen (secondary N) is 6. The third-order valence-electron chi connectivity index (χ3n) is 15.2. The predicted molar refractivity (Wildman–Crippen MR) is 333 cm³/mol. The molecule has 0 unspecified atom stereocenters. The molecule has 0 aromatic heterocycles. The number of alkyl halides is 3. The van der Waals surface area contributed by atoms with E-state index in [9.17, 15) is 71.3 Å². The SMILES string of the molecule is C.NCCCC[C@H](N)C(=O)N[C@@H](CCCN=C(N)N)C(=O)N1CCC[C@H]1C(=O)N1CCC[C@H]1C(=O)NCC(=O)N[C@@H](Cc1ccccc1)C(=O)N[C@@H](CO)C(=O)N1CCC[C@H]1C(=O)N[C@@H](Cc1ccccc1)C(=O)N[C@@H](CCCN=C(N)N)C(=O)O.O=C(O)C(F)(F)F. The third-order valence-corrected chi connectivity index (χ3v) is 15.2. The van der Waals surface area contributed by atoms with Gasteiger partial charge in [-0.2, -0.15) is 13.2 Å². The maximum Gasteiger partial charge on any atom is 0.490 e. The number of likely N-dealkylation sites (tertiary alicyclic amines) is 3. The molecule has 93 heavy (non-hydrogen) atoms. The minimum Gasteiger partial charge on any atom is -0.480 e. The standard InChI is InChI=1S/C56H85N17O12.C2HF3O2.CH4/c57-24-8-7-18-36(58)46(76)67-37(19-9-25-63-55(59)60)51(81)73-29-13-23-44(73)53(83)72-28-11-21-42(72)49(79)65-32-45(75)66-39(30-34-14-3-1-4-15-34)47(77)70-41(33-74)52(82)71-27-12-22-43(71)50(80)69-40(31-35-16-5-2-6-17-35)48(78)68-38(54(84)85)20-10-26-64-56(61)62;3-2(4,5)1(6)7;/h1-6,14-17,36-44,74H,7-13,18-33,57-58H2,(H,65,79)(H,66,75)(H,67,76)(H,68,78)(H,69,80)(H,70,77)(H,84,85)(H4,59,60,63)(H4,61,62,64);(H,6,7);1H4/t36-,37-,38-,39-,40-,41-,42-,43-,44-;;/m0../s1. The van der Waals surface area contributed by atoms with Crippen LogP contribution in [0.25, 0.3) is 0 Å². The van der Waals surface area contributed by atoms with Crippen molar-refractivity contribution in [3.63, 3.8) is 0 Å². The molecular formula is C59H90F3N17O14. The van der Waals surface area contributed by atoms with Crippen molar-refractivity contribution in [2.45, 2.75) is 164 Å². The Morgan fingerprint density at radius 2 is 1.00 bits per heavy atom. The molecule has 516 valence electrons. The number of carboxylic acids is 2. The van der Waals surface area contributed by atoms with Crippen LogP contribution in [0.4, 0.5) is 13.2 Å². The fourth-order valence-electron chi connectivity index (χ4n) is 10.6. The number of benzene rings is 2. The Morgan fingerprint density at radius 1 is 0.559 bits per heavy atom. The molecule has 0 bridgehead atoms. The highest BCUT2D eigenvalue weighted by Gasteiger charge is 2.45. The number of nitrogens with zero attached hydrogens (tertiary/aromatic N) is 5. The van der Waals surface area contributed by atoms with E-state index in [1.807, 2.05) is 0 Å². The summed E-state index contributed by atoms with van der Waals surface area (Å²) in [6.07, 6.45) is -0.989. The monoisotopic (exact) mass is 1320 g/mol. The van der Waals surface area contributed by atoms with Gasteiger partial charge in [0.1, 0.15) is 48.3 Å². The second-order valence-corrected chi connectivity index (χ2v) is 22.1. The zero-order chi connectivity index (χ0) is 68.1. The van der Waals surface area contributed by atoms with E-state index in [4.69, 9.17) is 44.3 Å². The number of unbranched alkanes of at least 4 members (excludes halogenated alkanes) is 1. The first-order valence-electron chi connectivity index (χ1n) is 30.1. The maximum atomic E-state index is 14.3. The van der Waals surface area contributed by atoms with Gasteiger partial charge in [0.25, 0.3) is 0 Å². The van der Waals surface area contributed by atoms with E-state index in [1.165, 1.54) is 14.7 Å². The molecule has 3 fully saturated rings. The fraction of sp³-hybridized carbons (Fsp3) is 0.576. The summed E-state index contributed by atoms with van der Waals surface area (Å²) in [6.45, 7) is -0.375. The molecule has 2 aromatic rings. The molecule has 34 heteroatoms. The van der Waals surface area contributed by atoms with E-state index in [2.05, 4.69) is 41.9 Å². The first kappa shape index (κ1) is 78.1. The maximum absolute atomic E-state index is 14.3. The van der Waals surface area contributed by atoms with Gasteiger partial charge in [0, 0.05) is 45.6 Å². The summed E-state index contributed by atoms with van der Waals surface area (Å²) in [4.78, 5) is 158. The van der Waals surface area contributed by atoms with Crippen LogP contribution in [-0.4, -0.2) is 220 Å². The number of guanidine groups is 2. The number of aliphatic imine (C=N–C) groups is 2. The summed E-state index contributed by atoms with van der Waals surface area (Å²) in [7, 11) is 0. The van der Waals surface area contributed by atoms with E-state index in [0.29, 0.717) is 69.0 Å². The highest BCUT2D eigenvalue weighted by molar-refractivity contribution is 5.98. The lowest BCUT2D eigenvalue weighted by Crippen LogP contribution is -2.60. The smallest absolute Gasteiger partial charge is 0.480 e. The van der Waals surface area contributed by atoms with Crippen molar-refractivity contribution in [2.75, 3.05) is 52.4 Å². The van der Waals surface area contributed by atoms with Gasteiger partial charge in [-0.1, -0.05) is 74.5 Å². The molecule has 0 spiro atoms. The molecule has 9 amide bonds. The predicted octanol–water partition coefficient (Wildman–Crippen LogP) is -3.11. The molecule has 9 atom stereocenters. The first-order chi connectivity index (χ1) is 43.7. The third kappa shape index (κ3) is 25.8. The van der Waals surface area contributed by atoms with Gasteiger partial charge < -0.3 is 96.3 Å². The minimum atomic E-state index is -5.08. The minimum absolute atomic E-state index is 0. The molecule has 0 radical (unpaired) electrons. The topological polar surface area (TPSA) is 511 Å². The average Bonchev–Trinajstić information content (AvgIpc) is 1.71. The molecular weight excluding hydrogens is 1230 g/mol. The number of aliphatic hydroxyl groups is 1. The van der Waals surface area contributed by atoms with Crippen molar-refractivity contribution in [1.29, 1.82) is 0 Å². The molecule has 31 nitrogen and oxygen atoms in total. The lowest BCUT2D eigenvalue weighted by atomic mass is 10.0. The first-order valence-corrected chi connectivity index (χ1v) is 30.1. The number of hydrogen-bond donors (Lipinski definition) is 15. The molecule has 21 N–H and O–H groups in total. The van der Waals surface area contributed by atoms with E-state index >= 15 is 0 Å². The second kappa shape index (κ2) is 39.3. The molecule has 3 aliphatic heterocycles. The van der Waals surface area contributed by atoms with Crippen molar-refractivity contribution in [3.8, 4) is 0 Å². The van der Waals surface area contributed by atoms with Crippen LogP contribution >= 0.6 is 0 Å². The summed E-state index contributed by atoms with van der Waals surface area (Å²) >= 11 is 0. The van der Waals surface area contributed by atoms with Crippen LogP contribution in [0, 0.1) is 0 Å². The zero-order valence-corrected chi connectivity index (χ0v) is 50.9. The van der Waals surface area contributed by atoms with Gasteiger partial charge in [-0.25, -0.2) is 9.59 Å². The van der Waals surface area contributed by atoms with Crippen molar-refractivity contribution in [2.24, 2.45) is 44.4 Å². The summed E-state index contributed by atoms with van der Waals surface area (Å²) in [6, 6.07) is 6.55. The number of carboxylic acid groups (broad SMARTS) is 2. The number of rotatable bonds is 33. The lowest BCUT2D eigenvalue weighted by Gasteiger charge is -2.33. The van der Waals surface area contributed by atoms with Crippen LogP contribution in [0.15, 0.2) is 70.6 Å². The number of hydrogen-bond acceptors (Lipinski definition) is 16. The van der Waals surface area contributed by atoms with E-state index in [1.54, 1.807) is 60.7 Å². The fourth-order valence-corrected chi connectivity index (χ4v) is 10.6. The Kier molecular flexibility index (Phi) is 33.0. The van der Waals surface area contributed by atoms with Gasteiger partial charge in [-0.05, 0) is 94.7 Å². The van der Waals surface area contributed by atoms with E-state index in [0.717, 1.165) is 0 Å². The Bertz CT molecular complexity index is 2890. The Hall–Kier alpha value is -9.18. The van der Waals surface area contributed by atoms with Crippen molar-refractivity contribution < 1.29 is 81.2 Å². The van der Waals surface area contributed by atoms with Gasteiger partial charge in [0.05, 0.1) is 19.2 Å². The van der Waals surface area contributed by atoms with Crippen LogP contribution in [-0.2, 0) is 65.6 Å². The van der Waals surface area contributed by atoms with Crippen LogP contribution in [0.5, 0.6) is 0 Å². The lowest BCUT2D eigenvalue weighted by molar-refractivity contribution is -0.192. The van der Waals surface area contributed by atoms with Crippen LogP contribution in [0.1, 0.15) is 102 Å². The normalized spacial score (nSPS) is 17.8. The Morgan fingerprint density at radius 3 is 1.48 bits per heavy atom. The summed E-state index contributed by atoms with van der Waals surface area (Å²) < 4.78 is 31.7. The highest BCUT2D eigenvalue weighted by Crippen LogP contribution is 2.27. The molecule has 3 heterocycles. The number of aliphatic carboxylic acids is 2. The van der Waals surface area contributed by atoms with Gasteiger partial charge >= 0.3 is 18.1 Å². The molecule has 5 rings (SSSR count). The molecule has 0 aliphatic carbocycles. The number of carbonyl (C=O) groups excluding carboxylic acids is 9. The number of carbonyl (C=O) groups is 11. The number of aliphatic hydroxyl groups excluding tert-OH is 1. The molecule has 3 aliphatic rings. The van der Waals surface area contributed by atoms with Crippen molar-refractivity contribution in [1.82, 2.24) is 46.6 Å². The molecule has 0 saturated carbocycles. The van der Waals surface area contributed by atoms with Gasteiger partial charge in [-0.3, -0.25) is 53.1 Å². The second-order valence-electron chi connectivity index (χ2n) is 22.1. The van der Waals surface area contributed by atoms with E-state index < -0.39 is 139 Å². The van der Waals surface area contributed by atoms with Crippen molar-refractivity contribution >= 4 is 77.0 Å². The largest absolute Gasteiger partial charge is 0.490 e. The molecule has 2 aromatic carbocycles. The molecule has 3 saturated heterocycles. The quantitative estimate of drug-likeness (QED) is 0.0191. The van der Waals surface area contributed by atoms with Crippen LogP contribution in [0.2, 0.25) is 0 Å². The summed E-state index contributed by atoms with van der Waals surface area (Å²) in [5.74, 6) is -10.6. The number of nitrogens with two attached hydrogens (primary N) is 6. The average molecular weight is 1320 g/mol. The van der Waals surface area contributed by atoms with Crippen LogP contribution < -0.4 is 66.3 Å². The van der Waals surface area contributed by atoms with Gasteiger partial charge in [-0.15, -0.1) is 0 Å². The van der Waals surface area contributed by atoms with Crippen molar-refractivity contribution in [3.05, 3.63) is 71.8 Å². The van der Waals surface area contributed by atoms with E-state index in [-0.39, 0.29) is 97.0 Å².